The van der Waals surface area contributed by atoms with Gasteiger partial charge in [-0.1, -0.05) is 18.2 Å². The fourth-order valence-corrected chi connectivity index (χ4v) is 3.77. The molecule has 0 bridgehead atoms. The lowest BCUT2D eigenvalue weighted by Gasteiger charge is -2.21. The Morgan fingerprint density at radius 2 is 1.73 bits per heavy atom. The number of hydrogen-bond donors (Lipinski definition) is 0. The number of amides is 1. The predicted molar refractivity (Wildman–Crippen MR) is 122 cm³/mol. The number of carbonyl (C=O) groups is 1. The van der Waals surface area contributed by atoms with Crippen LogP contribution in [0.4, 0.5) is 5.13 Å². The third-order valence-electron chi connectivity index (χ3n) is 4.50. The highest BCUT2D eigenvalue weighted by molar-refractivity contribution is 7.14. The second kappa shape index (κ2) is 10.8. The zero-order valence-corrected chi connectivity index (χ0v) is 18.4. The van der Waals surface area contributed by atoms with Crippen LogP contribution in [-0.2, 0) is 4.79 Å². The van der Waals surface area contributed by atoms with Crippen molar-refractivity contribution in [1.29, 1.82) is 0 Å². The van der Waals surface area contributed by atoms with Crippen molar-refractivity contribution < 1.29 is 14.3 Å². The highest BCUT2D eigenvalue weighted by Crippen LogP contribution is 2.29. The molecule has 3 aromatic rings. The van der Waals surface area contributed by atoms with E-state index in [2.05, 4.69) is 4.90 Å². The van der Waals surface area contributed by atoms with Crippen LogP contribution in [0.15, 0.2) is 60.0 Å². The van der Waals surface area contributed by atoms with Crippen molar-refractivity contribution in [1.82, 2.24) is 9.88 Å². The molecule has 0 atom stereocenters. The molecule has 1 aromatic heterocycles. The Hall–Kier alpha value is -2.90. The molecular weight excluding hydrogens is 398 g/mol. The van der Waals surface area contributed by atoms with E-state index in [1.54, 1.807) is 12.0 Å². The van der Waals surface area contributed by atoms with E-state index in [0.29, 0.717) is 17.4 Å². The molecule has 0 aliphatic heterocycles. The summed E-state index contributed by atoms with van der Waals surface area (Å²) in [6, 6.07) is 17.1. The molecule has 0 unspecified atom stereocenters. The number of carbonyl (C=O) groups excluding carboxylic acids is 1. The largest absolute Gasteiger partial charge is 0.497 e. The molecule has 3 rings (SSSR count). The first-order chi connectivity index (χ1) is 14.6. The van der Waals surface area contributed by atoms with Crippen LogP contribution in [0.5, 0.6) is 11.5 Å². The van der Waals surface area contributed by atoms with Gasteiger partial charge in [0.05, 0.1) is 12.8 Å². The number of anilines is 1. The van der Waals surface area contributed by atoms with Crippen LogP contribution in [0.2, 0.25) is 0 Å². The Kier molecular flexibility index (Phi) is 7.82. The standard InChI is InChI=1S/C23H27N3O3S/c1-25(2)14-7-15-26(22(27)16-29-20-8-5-4-6-9-20)23-24-21(17-30-23)18-10-12-19(28-3)13-11-18/h4-6,8-13,17H,7,14-16H2,1-3H3. The lowest BCUT2D eigenvalue weighted by molar-refractivity contribution is -0.120. The van der Waals surface area contributed by atoms with E-state index in [-0.39, 0.29) is 12.5 Å². The van der Waals surface area contributed by atoms with Crippen LogP contribution in [0.3, 0.4) is 0 Å². The Bertz CT molecular complexity index is 926. The first-order valence-corrected chi connectivity index (χ1v) is 10.7. The second-order valence-corrected chi connectivity index (χ2v) is 7.88. The number of methoxy groups -OCH3 is 1. The van der Waals surface area contributed by atoms with Crippen LogP contribution < -0.4 is 14.4 Å². The molecular formula is C23H27N3O3S. The molecule has 2 aromatic carbocycles. The van der Waals surface area contributed by atoms with Gasteiger partial charge in [-0.3, -0.25) is 9.69 Å². The number of nitrogens with zero attached hydrogens (tertiary/aromatic N) is 3. The molecule has 0 N–H and O–H groups in total. The minimum atomic E-state index is -0.103. The fraction of sp³-hybridized carbons (Fsp3) is 0.304. The van der Waals surface area contributed by atoms with Gasteiger partial charge in [-0.15, -0.1) is 11.3 Å². The number of aromatic nitrogens is 1. The van der Waals surface area contributed by atoms with E-state index in [0.717, 1.165) is 30.0 Å². The summed E-state index contributed by atoms with van der Waals surface area (Å²) in [5, 5.41) is 2.66. The Morgan fingerprint density at radius 1 is 1.00 bits per heavy atom. The number of para-hydroxylation sites is 1. The molecule has 7 heteroatoms. The van der Waals surface area contributed by atoms with Gasteiger partial charge >= 0.3 is 0 Å². The number of thiazole rings is 1. The van der Waals surface area contributed by atoms with Crippen LogP contribution in [0.25, 0.3) is 11.3 Å². The van der Waals surface area contributed by atoms with E-state index >= 15 is 0 Å². The van der Waals surface area contributed by atoms with Gasteiger partial charge in [0.25, 0.3) is 5.91 Å². The number of hydrogen-bond acceptors (Lipinski definition) is 6. The quantitative estimate of drug-likeness (QED) is 0.488. The van der Waals surface area contributed by atoms with Gasteiger partial charge in [0.15, 0.2) is 11.7 Å². The number of ether oxygens (including phenoxy) is 2. The molecule has 6 nitrogen and oxygen atoms in total. The highest BCUT2D eigenvalue weighted by Gasteiger charge is 2.20. The van der Waals surface area contributed by atoms with E-state index in [9.17, 15) is 4.79 Å². The smallest absolute Gasteiger partial charge is 0.266 e. The molecule has 0 aliphatic rings. The molecule has 30 heavy (non-hydrogen) atoms. The Morgan fingerprint density at radius 3 is 2.40 bits per heavy atom. The van der Waals surface area contributed by atoms with Gasteiger partial charge in [-0.25, -0.2) is 4.98 Å². The zero-order valence-electron chi connectivity index (χ0n) is 17.6. The predicted octanol–water partition coefficient (Wildman–Crippen LogP) is 4.18. The Balaban J connectivity index is 1.73. The average Bonchev–Trinajstić information content (AvgIpc) is 3.25. The Labute approximate surface area is 181 Å². The fourth-order valence-electron chi connectivity index (χ4n) is 2.89. The monoisotopic (exact) mass is 425 g/mol. The van der Waals surface area contributed by atoms with Crippen molar-refractivity contribution in [2.75, 3.05) is 45.8 Å². The van der Waals surface area contributed by atoms with Gasteiger partial charge in [0.2, 0.25) is 0 Å². The summed E-state index contributed by atoms with van der Waals surface area (Å²) in [5.41, 5.74) is 1.83. The summed E-state index contributed by atoms with van der Waals surface area (Å²) >= 11 is 1.46. The van der Waals surface area contributed by atoms with Crippen molar-refractivity contribution in [2.45, 2.75) is 6.42 Å². The van der Waals surface area contributed by atoms with E-state index in [1.165, 1.54) is 11.3 Å². The van der Waals surface area contributed by atoms with Crippen LogP contribution >= 0.6 is 11.3 Å². The van der Waals surface area contributed by atoms with E-state index in [4.69, 9.17) is 14.5 Å². The summed E-state index contributed by atoms with van der Waals surface area (Å²) in [7, 11) is 5.69. The maximum atomic E-state index is 13.0. The summed E-state index contributed by atoms with van der Waals surface area (Å²) in [6.45, 7) is 1.45. The lowest BCUT2D eigenvalue weighted by atomic mass is 10.2. The van der Waals surface area contributed by atoms with Gasteiger partial charge in [-0.2, -0.15) is 0 Å². The molecule has 1 amide bonds. The maximum absolute atomic E-state index is 13.0. The van der Waals surface area contributed by atoms with Crippen LogP contribution in [-0.4, -0.2) is 56.7 Å². The minimum Gasteiger partial charge on any atom is -0.497 e. The van der Waals surface area contributed by atoms with Gasteiger partial charge < -0.3 is 14.4 Å². The van der Waals surface area contributed by atoms with Gasteiger partial charge in [0.1, 0.15) is 11.5 Å². The molecule has 158 valence electrons. The molecule has 0 saturated carbocycles. The van der Waals surface area contributed by atoms with E-state index < -0.39 is 0 Å². The van der Waals surface area contributed by atoms with Crippen LogP contribution in [0.1, 0.15) is 6.42 Å². The summed E-state index contributed by atoms with van der Waals surface area (Å²) < 4.78 is 10.9. The van der Waals surface area contributed by atoms with Crippen molar-refractivity contribution in [3.8, 4) is 22.8 Å². The van der Waals surface area contributed by atoms with Crippen molar-refractivity contribution in [3.63, 3.8) is 0 Å². The third kappa shape index (κ3) is 6.05. The van der Waals surface area contributed by atoms with Crippen LogP contribution in [0, 0.1) is 0 Å². The molecule has 0 fully saturated rings. The molecule has 0 radical (unpaired) electrons. The lowest BCUT2D eigenvalue weighted by Crippen LogP contribution is -2.36. The van der Waals surface area contributed by atoms with Crippen molar-refractivity contribution in [2.24, 2.45) is 0 Å². The van der Waals surface area contributed by atoms with Crippen molar-refractivity contribution >= 4 is 22.4 Å². The normalized spacial score (nSPS) is 10.8. The van der Waals surface area contributed by atoms with Crippen molar-refractivity contribution in [3.05, 3.63) is 60.0 Å². The van der Waals surface area contributed by atoms with Gasteiger partial charge in [0, 0.05) is 17.5 Å². The number of benzene rings is 2. The SMILES string of the molecule is COc1ccc(-c2csc(N(CCCN(C)C)C(=O)COc3ccccc3)n2)cc1. The molecule has 0 spiro atoms. The first-order valence-electron chi connectivity index (χ1n) is 9.79. The maximum Gasteiger partial charge on any atom is 0.266 e. The first kappa shape index (κ1) is 21.8. The summed E-state index contributed by atoms with van der Waals surface area (Å²) in [4.78, 5) is 21.5. The average molecular weight is 426 g/mol. The molecule has 0 aliphatic carbocycles. The van der Waals surface area contributed by atoms with Gasteiger partial charge in [-0.05, 0) is 63.5 Å². The highest BCUT2D eigenvalue weighted by atomic mass is 32.1. The minimum absolute atomic E-state index is 0.0244. The molecule has 0 saturated heterocycles. The van der Waals surface area contributed by atoms with E-state index in [1.807, 2.05) is 74.1 Å². The topological polar surface area (TPSA) is 54.9 Å². The summed E-state index contributed by atoms with van der Waals surface area (Å²) in [5.74, 6) is 1.37. The summed E-state index contributed by atoms with van der Waals surface area (Å²) in [6.07, 6.45) is 0.849. The molecule has 1 heterocycles. The second-order valence-electron chi connectivity index (χ2n) is 7.05. The number of rotatable bonds is 10. The zero-order chi connectivity index (χ0) is 21.3. The third-order valence-corrected chi connectivity index (χ3v) is 5.37.